The standard InChI is InChI=1S/C15H26Cl4N2O2/c16-6-10-20(11-7-17)14(22)4-2-1-3-5-15(23)21(12-8-18)13-9-19/h1-13H2. The number of halogens is 4. The minimum atomic E-state index is 0.0727. The van der Waals surface area contributed by atoms with Crippen LogP contribution in [0.1, 0.15) is 32.1 Å². The van der Waals surface area contributed by atoms with Crippen molar-refractivity contribution < 1.29 is 9.59 Å². The van der Waals surface area contributed by atoms with E-state index in [1.165, 1.54) is 0 Å². The largest absolute Gasteiger partial charge is 0.340 e. The predicted molar refractivity (Wildman–Crippen MR) is 99.1 cm³/mol. The molecule has 136 valence electrons. The highest BCUT2D eigenvalue weighted by molar-refractivity contribution is 6.19. The Kier molecular flexibility index (Phi) is 15.7. The molecule has 0 aliphatic rings. The molecule has 0 radical (unpaired) electrons. The minimum absolute atomic E-state index is 0.0727. The van der Waals surface area contributed by atoms with Crippen LogP contribution in [-0.2, 0) is 9.59 Å². The Balaban J connectivity index is 3.93. The molecule has 0 atom stereocenters. The normalized spacial score (nSPS) is 10.6. The Morgan fingerprint density at radius 1 is 0.565 bits per heavy atom. The van der Waals surface area contributed by atoms with Gasteiger partial charge in [0.05, 0.1) is 0 Å². The van der Waals surface area contributed by atoms with Crippen LogP contribution < -0.4 is 0 Å². The molecule has 0 saturated carbocycles. The number of carbonyl (C=O) groups excluding carboxylic acids is 2. The van der Waals surface area contributed by atoms with E-state index in [-0.39, 0.29) is 11.8 Å². The van der Waals surface area contributed by atoms with E-state index in [0.29, 0.717) is 62.5 Å². The average Bonchev–Trinajstić information content (AvgIpc) is 2.53. The number of carbonyl (C=O) groups is 2. The Bertz CT molecular complexity index is 291. The van der Waals surface area contributed by atoms with Crippen LogP contribution in [0.15, 0.2) is 0 Å². The molecule has 0 saturated heterocycles. The summed E-state index contributed by atoms with van der Waals surface area (Å²) in [7, 11) is 0. The fourth-order valence-electron chi connectivity index (χ4n) is 2.18. The summed E-state index contributed by atoms with van der Waals surface area (Å²) < 4.78 is 0. The summed E-state index contributed by atoms with van der Waals surface area (Å²) in [5.74, 6) is 1.79. The first kappa shape index (κ1) is 23.1. The summed E-state index contributed by atoms with van der Waals surface area (Å²) in [6, 6.07) is 0. The summed E-state index contributed by atoms with van der Waals surface area (Å²) in [5, 5.41) is 0. The van der Waals surface area contributed by atoms with Crippen molar-refractivity contribution in [1.29, 1.82) is 0 Å². The van der Waals surface area contributed by atoms with Crippen molar-refractivity contribution in [3.05, 3.63) is 0 Å². The Morgan fingerprint density at radius 2 is 0.870 bits per heavy atom. The molecular formula is C15H26Cl4N2O2. The molecule has 0 spiro atoms. The fraction of sp³-hybridized carbons (Fsp3) is 0.867. The molecule has 0 aliphatic carbocycles. The van der Waals surface area contributed by atoms with Crippen molar-refractivity contribution in [2.45, 2.75) is 32.1 Å². The van der Waals surface area contributed by atoms with E-state index < -0.39 is 0 Å². The fourth-order valence-corrected chi connectivity index (χ4v) is 2.99. The number of amides is 2. The van der Waals surface area contributed by atoms with Crippen molar-refractivity contribution in [2.75, 3.05) is 49.7 Å². The van der Waals surface area contributed by atoms with Crippen LogP contribution in [0.5, 0.6) is 0 Å². The van der Waals surface area contributed by atoms with Gasteiger partial charge in [0.2, 0.25) is 11.8 Å². The topological polar surface area (TPSA) is 40.6 Å². The van der Waals surface area contributed by atoms with Gasteiger partial charge in [0.25, 0.3) is 0 Å². The van der Waals surface area contributed by atoms with E-state index in [1.54, 1.807) is 9.80 Å². The molecule has 0 bridgehead atoms. The minimum Gasteiger partial charge on any atom is -0.340 e. The molecule has 0 aliphatic heterocycles. The molecule has 0 aromatic heterocycles. The maximum absolute atomic E-state index is 12.0. The third-order valence-electron chi connectivity index (χ3n) is 3.40. The second-order valence-corrected chi connectivity index (χ2v) is 6.59. The second-order valence-electron chi connectivity index (χ2n) is 5.08. The summed E-state index contributed by atoms with van der Waals surface area (Å²) in [6.45, 7) is 2.10. The van der Waals surface area contributed by atoms with Gasteiger partial charge in [-0.1, -0.05) is 6.42 Å². The van der Waals surface area contributed by atoms with Gasteiger partial charge in [-0.05, 0) is 12.8 Å². The quantitative estimate of drug-likeness (QED) is 0.326. The number of hydrogen-bond acceptors (Lipinski definition) is 2. The first-order valence-electron chi connectivity index (χ1n) is 7.90. The van der Waals surface area contributed by atoms with Gasteiger partial charge in [-0.3, -0.25) is 9.59 Å². The number of unbranched alkanes of at least 4 members (excludes halogenated alkanes) is 2. The van der Waals surface area contributed by atoms with Crippen LogP contribution in [0, 0.1) is 0 Å². The van der Waals surface area contributed by atoms with Gasteiger partial charge in [0.1, 0.15) is 0 Å². The molecule has 4 nitrogen and oxygen atoms in total. The second kappa shape index (κ2) is 15.6. The van der Waals surface area contributed by atoms with Crippen molar-refractivity contribution in [1.82, 2.24) is 9.80 Å². The van der Waals surface area contributed by atoms with Crippen molar-refractivity contribution >= 4 is 58.2 Å². The zero-order chi connectivity index (χ0) is 17.5. The van der Waals surface area contributed by atoms with Gasteiger partial charge in [0, 0.05) is 62.5 Å². The van der Waals surface area contributed by atoms with E-state index in [2.05, 4.69) is 0 Å². The average molecular weight is 408 g/mol. The molecule has 0 N–H and O–H groups in total. The lowest BCUT2D eigenvalue weighted by Crippen LogP contribution is -2.34. The van der Waals surface area contributed by atoms with Crippen molar-refractivity contribution in [3.8, 4) is 0 Å². The van der Waals surface area contributed by atoms with Gasteiger partial charge in [-0.15, -0.1) is 46.4 Å². The molecule has 0 unspecified atom stereocenters. The predicted octanol–water partition coefficient (Wildman–Crippen LogP) is 3.55. The van der Waals surface area contributed by atoms with Crippen LogP contribution in [0.4, 0.5) is 0 Å². The van der Waals surface area contributed by atoms with Crippen LogP contribution in [-0.4, -0.2) is 71.3 Å². The summed E-state index contributed by atoms with van der Waals surface area (Å²) in [5.41, 5.74) is 0. The zero-order valence-corrected chi connectivity index (χ0v) is 16.4. The van der Waals surface area contributed by atoms with E-state index in [0.717, 1.165) is 19.3 Å². The highest BCUT2D eigenvalue weighted by Crippen LogP contribution is 2.08. The van der Waals surface area contributed by atoms with Crippen LogP contribution >= 0.6 is 46.4 Å². The molecule has 0 heterocycles. The maximum Gasteiger partial charge on any atom is 0.222 e. The van der Waals surface area contributed by atoms with Crippen molar-refractivity contribution in [3.63, 3.8) is 0 Å². The highest BCUT2D eigenvalue weighted by Gasteiger charge is 2.13. The van der Waals surface area contributed by atoms with E-state index in [1.807, 2.05) is 0 Å². The van der Waals surface area contributed by atoms with Gasteiger partial charge in [-0.25, -0.2) is 0 Å². The molecule has 0 rings (SSSR count). The highest BCUT2D eigenvalue weighted by atomic mass is 35.5. The third kappa shape index (κ3) is 11.3. The van der Waals surface area contributed by atoms with Gasteiger partial charge in [0.15, 0.2) is 0 Å². The van der Waals surface area contributed by atoms with Crippen LogP contribution in [0.3, 0.4) is 0 Å². The first-order valence-corrected chi connectivity index (χ1v) is 10.0. The number of alkyl halides is 4. The monoisotopic (exact) mass is 406 g/mol. The molecule has 8 heteroatoms. The molecule has 0 fully saturated rings. The van der Waals surface area contributed by atoms with E-state index >= 15 is 0 Å². The number of hydrogen-bond donors (Lipinski definition) is 0. The lowest BCUT2D eigenvalue weighted by atomic mass is 10.1. The van der Waals surface area contributed by atoms with E-state index in [9.17, 15) is 9.59 Å². The SMILES string of the molecule is O=C(CCCCCC(=O)N(CCCl)CCCl)N(CCCl)CCCl. The lowest BCUT2D eigenvalue weighted by Gasteiger charge is -2.21. The zero-order valence-electron chi connectivity index (χ0n) is 13.4. The summed E-state index contributed by atoms with van der Waals surface area (Å²) in [6.07, 6.45) is 3.29. The first-order chi connectivity index (χ1) is 11.1. The summed E-state index contributed by atoms with van der Waals surface area (Å²) >= 11 is 22.7. The van der Waals surface area contributed by atoms with Gasteiger partial charge >= 0.3 is 0 Å². The van der Waals surface area contributed by atoms with Crippen molar-refractivity contribution in [2.24, 2.45) is 0 Å². The molecule has 0 aromatic carbocycles. The van der Waals surface area contributed by atoms with E-state index in [4.69, 9.17) is 46.4 Å². The summed E-state index contributed by atoms with van der Waals surface area (Å²) in [4.78, 5) is 27.4. The van der Waals surface area contributed by atoms with Crippen LogP contribution in [0.25, 0.3) is 0 Å². The van der Waals surface area contributed by atoms with Crippen LogP contribution in [0.2, 0.25) is 0 Å². The molecule has 0 aromatic rings. The third-order valence-corrected chi connectivity index (χ3v) is 4.08. The Hall–Kier alpha value is 0.1000. The smallest absolute Gasteiger partial charge is 0.222 e. The molecule has 2 amide bonds. The lowest BCUT2D eigenvalue weighted by molar-refractivity contribution is -0.131. The molecule has 23 heavy (non-hydrogen) atoms. The van der Waals surface area contributed by atoms with Gasteiger partial charge in [-0.2, -0.15) is 0 Å². The maximum atomic E-state index is 12.0. The number of rotatable bonds is 14. The van der Waals surface area contributed by atoms with Gasteiger partial charge < -0.3 is 9.80 Å². The molecular weight excluding hydrogens is 382 g/mol. The Morgan fingerprint density at radius 3 is 1.13 bits per heavy atom. The number of nitrogens with zero attached hydrogens (tertiary/aromatic N) is 2. The Labute approximate surface area is 159 Å².